The molecule has 1 aromatic heterocycles. The Balaban J connectivity index is 1.57. The zero-order valence-electron chi connectivity index (χ0n) is 14.4. The maximum Gasteiger partial charge on any atom is 0.270 e. The number of ketones is 1. The SMILES string of the molecule is C=C(C)C(=O)C1=CC(N2COc3cc(C(=O)N4CC(O)C4)[nH]c32)=CC1N. The number of rotatable bonds is 4. The minimum Gasteiger partial charge on any atom is -0.469 e. The van der Waals surface area contributed by atoms with Crippen molar-refractivity contribution in [2.75, 3.05) is 24.7 Å². The van der Waals surface area contributed by atoms with E-state index in [-0.39, 0.29) is 18.4 Å². The third-order valence-electron chi connectivity index (χ3n) is 4.74. The number of hydrogen-bond donors (Lipinski definition) is 3. The van der Waals surface area contributed by atoms with E-state index in [9.17, 15) is 14.7 Å². The number of aromatic amines is 1. The molecule has 1 aromatic rings. The molecule has 1 saturated heterocycles. The number of nitrogens with one attached hydrogen (secondary N) is 1. The number of ether oxygens (including phenoxy) is 1. The molecular weight excluding hydrogens is 336 g/mol. The number of hydrogen-bond acceptors (Lipinski definition) is 6. The predicted octanol–water partition coefficient (Wildman–Crippen LogP) is 0.284. The molecule has 26 heavy (non-hydrogen) atoms. The average Bonchev–Trinajstić information content (AvgIpc) is 3.23. The second-order valence-corrected chi connectivity index (χ2v) is 6.79. The molecule has 4 rings (SSSR count). The number of nitrogens with zero attached hydrogens (tertiary/aromatic N) is 2. The zero-order chi connectivity index (χ0) is 18.6. The lowest BCUT2D eigenvalue weighted by Crippen LogP contribution is -2.53. The van der Waals surface area contributed by atoms with Gasteiger partial charge in [0.15, 0.2) is 24.1 Å². The van der Waals surface area contributed by atoms with Crippen molar-refractivity contribution in [3.8, 4) is 5.75 Å². The molecule has 1 aliphatic carbocycles. The zero-order valence-corrected chi connectivity index (χ0v) is 14.4. The van der Waals surface area contributed by atoms with Crippen molar-refractivity contribution in [1.82, 2.24) is 9.88 Å². The van der Waals surface area contributed by atoms with Crippen LogP contribution in [-0.2, 0) is 4.79 Å². The first-order valence-corrected chi connectivity index (χ1v) is 8.35. The quantitative estimate of drug-likeness (QED) is 0.669. The molecule has 3 heterocycles. The standard InChI is InChI=1S/C18H20N4O4/c1-9(2)16(24)12-3-10(4-13(12)19)22-8-26-15-5-14(20-17(15)22)18(25)21-6-11(23)7-21/h3-5,11,13,20,23H,1,6-8,19H2,2H3. The van der Waals surface area contributed by atoms with E-state index >= 15 is 0 Å². The number of allylic oxidation sites excluding steroid dienone is 2. The maximum atomic E-state index is 12.4. The molecule has 1 fully saturated rings. The molecule has 1 amide bonds. The molecule has 0 radical (unpaired) electrons. The molecule has 8 heteroatoms. The van der Waals surface area contributed by atoms with Gasteiger partial charge in [0.1, 0.15) is 5.69 Å². The summed E-state index contributed by atoms with van der Waals surface area (Å²) in [5.41, 5.74) is 8.11. The molecule has 1 atom stereocenters. The van der Waals surface area contributed by atoms with Crippen molar-refractivity contribution in [2.45, 2.75) is 19.1 Å². The second-order valence-electron chi connectivity index (χ2n) is 6.79. The molecule has 0 spiro atoms. The fourth-order valence-corrected chi connectivity index (χ4v) is 3.25. The maximum absolute atomic E-state index is 12.4. The Hall–Kier alpha value is -2.84. The van der Waals surface area contributed by atoms with E-state index in [1.165, 1.54) is 0 Å². The van der Waals surface area contributed by atoms with E-state index in [0.717, 1.165) is 5.70 Å². The molecule has 1 unspecified atom stereocenters. The molecular formula is C18H20N4O4. The van der Waals surface area contributed by atoms with Crippen LogP contribution in [0, 0.1) is 0 Å². The number of fused-ring (bicyclic) bond motifs is 1. The highest BCUT2D eigenvalue weighted by Gasteiger charge is 2.34. The highest BCUT2D eigenvalue weighted by atomic mass is 16.5. The minimum atomic E-state index is -0.503. The Kier molecular flexibility index (Phi) is 3.74. The van der Waals surface area contributed by atoms with Crippen LogP contribution >= 0.6 is 0 Å². The van der Waals surface area contributed by atoms with E-state index in [0.29, 0.717) is 41.5 Å². The number of nitrogens with two attached hydrogens (primary N) is 1. The fourth-order valence-electron chi connectivity index (χ4n) is 3.25. The first-order valence-electron chi connectivity index (χ1n) is 8.35. The molecule has 3 aliphatic rings. The predicted molar refractivity (Wildman–Crippen MR) is 94.6 cm³/mol. The number of H-pyrrole nitrogens is 1. The van der Waals surface area contributed by atoms with Gasteiger partial charge in [-0.25, -0.2) is 0 Å². The van der Waals surface area contributed by atoms with Gasteiger partial charge in [-0.1, -0.05) is 6.58 Å². The summed E-state index contributed by atoms with van der Waals surface area (Å²) in [5.74, 6) is 0.868. The summed E-state index contributed by atoms with van der Waals surface area (Å²) in [7, 11) is 0. The molecule has 0 saturated carbocycles. The van der Waals surface area contributed by atoms with Crippen molar-refractivity contribution in [3.63, 3.8) is 0 Å². The topological polar surface area (TPSA) is 112 Å². The summed E-state index contributed by atoms with van der Waals surface area (Å²) >= 11 is 0. The van der Waals surface area contributed by atoms with Gasteiger partial charge in [0, 0.05) is 30.4 Å². The fraction of sp³-hybridized carbons (Fsp3) is 0.333. The van der Waals surface area contributed by atoms with Crippen LogP contribution < -0.4 is 15.4 Å². The number of aromatic nitrogens is 1. The van der Waals surface area contributed by atoms with Gasteiger partial charge in [-0.3, -0.25) is 14.5 Å². The van der Waals surface area contributed by atoms with Crippen LogP contribution in [0.2, 0.25) is 0 Å². The summed E-state index contributed by atoms with van der Waals surface area (Å²) in [5, 5.41) is 9.35. The van der Waals surface area contributed by atoms with Crippen LogP contribution in [0.4, 0.5) is 5.82 Å². The highest BCUT2D eigenvalue weighted by molar-refractivity contribution is 6.09. The first-order chi connectivity index (χ1) is 12.3. The van der Waals surface area contributed by atoms with E-state index in [4.69, 9.17) is 10.5 Å². The molecule has 4 N–H and O–H groups in total. The Morgan fingerprint density at radius 2 is 2.15 bits per heavy atom. The third-order valence-corrected chi connectivity index (χ3v) is 4.74. The average molecular weight is 356 g/mol. The molecule has 2 aliphatic heterocycles. The van der Waals surface area contributed by atoms with E-state index < -0.39 is 12.1 Å². The van der Waals surface area contributed by atoms with Crippen molar-refractivity contribution < 1.29 is 19.4 Å². The Morgan fingerprint density at radius 1 is 1.42 bits per heavy atom. The number of amides is 1. The van der Waals surface area contributed by atoms with Gasteiger partial charge in [-0.2, -0.15) is 0 Å². The van der Waals surface area contributed by atoms with Gasteiger partial charge in [0.25, 0.3) is 5.91 Å². The number of anilines is 1. The summed E-state index contributed by atoms with van der Waals surface area (Å²) in [4.78, 5) is 31.0. The number of Topliss-reactive ketones (excluding diaryl/α,β-unsaturated/α-hetero) is 1. The van der Waals surface area contributed by atoms with Crippen LogP contribution in [0.3, 0.4) is 0 Å². The summed E-state index contributed by atoms with van der Waals surface area (Å²) in [6.07, 6.45) is 3.06. The van der Waals surface area contributed by atoms with Crippen LogP contribution in [0.1, 0.15) is 17.4 Å². The summed E-state index contributed by atoms with van der Waals surface area (Å²) in [6, 6.07) is 1.15. The van der Waals surface area contributed by atoms with E-state index in [1.54, 1.807) is 30.0 Å². The summed E-state index contributed by atoms with van der Waals surface area (Å²) < 4.78 is 5.65. The molecule has 0 aromatic carbocycles. The van der Waals surface area contributed by atoms with Gasteiger partial charge in [0.2, 0.25) is 0 Å². The number of likely N-dealkylation sites (tertiary alicyclic amines) is 1. The van der Waals surface area contributed by atoms with E-state index in [1.807, 2.05) is 4.90 Å². The highest BCUT2D eigenvalue weighted by Crippen LogP contribution is 2.39. The second kappa shape index (κ2) is 5.86. The van der Waals surface area contributed by atoms with Gasteiger partial charge in [0.05, 0.1) is 12.1 Å². The lowest BCUT2D eigenvalue weighted by Gasteiger charge is -2.35. The normalized spacial score (nSPS) is 21.7. The third kappa shape index (κ3) is 2.54. The number of β-amino-alcohol motifs (C(OH)–C–C–N with tert-alkyl or cyclic N) is 1. The molecule has 8 nitrogen and oxygen atoms in total. The number of carbonyl (C=O) groups is 2. The van der Waals surface area contributed by atoms with E-state index in [2.05, 4.69) is 11.6 Å². The monoisotopic (exact) mass is 356 g/mol. The minimum absolute atomic E-state index is 0.164. The van der Waals surface area contributed by atoms with Crippen LogP contribution in [0.5, 0.6) is 5.75 Å². The lowest BCUT2D eigenvalue weighted by atomic mass is 10.0. The smallest absolute Gasteiger partial charge is 0.270 e. The lowest BCUT2D eigenvalue weighted by molar-refractivity contribution is -0.112. The number of aliphatic hydroxyl groups excluding tert-OH is 1. The van der Waals surface area contributed by atoms with Gasteiger partial charge in [-0.05, 0) is 24.6 Å². The first kappa shape index (κ1) is 16.6. The van der Waals surface area contributed by atoms with Crippen molar-refractivity contribution in [1.29, 1.82) is 0 Å². The number of carbonyl (C=O) groups excluding carboxylic acids is 2. The molecule has 136 valence electrons. The van der Waals surface area contributed by atoms with Gasteiger partial charge < -0.3 is 25.5 Å². The Bertz CT molecular complexity index is 876. The van der Waals surface area contributed by atoms with Crippen molar-refractivity contribution in [2.24, 2.45) is 5.73 Å². The summed E-state index contributed by atoms with van der Waals surface area (Å²) in [6.45, 7) is 6.27. The van der Waals surface area contributed by atoms with Crippen molar-refractivity contribution >= 4 is 17.5 Å². The largest absolute Gasteiger partial charge is 0.469 e. The Labute approximate surface area is 150 Å². The van der Waals surface area contributed by atoms with Gasteiger partial charge in [-0.15, -0.1) is 0 Å². The van der Waals surface area contributed by atoms with Crippen LogP contribution in [0.25, 0.3) is 0 Å². The van der Waals surface area contributed by atoms with Gasteiger partial charge >= 0.3 is 0 Å². The Morgan fingerprint density at radius 3 is 2.81 bits per heavy atom. The van der Waals surface area contributed by atoms with Crippen molar-refractivity contribution in [3.05, 3.63) is 47.3 Å². The number of aliphatic hydroxyl groups is 1. The van der Waals surface area contributed by atoms with Crippen LogP contribution in [-0.4, -0.2) is 58.6 Å². The molecule has 0 bridgehead atoms. The van der Waals surface area contributed by atoms with Crippen LogP contribution in [0.15, 0.2) is 41.6 Å².